The molecule has 0 aromatic heterocycles. The summed E-state index contributed by atoms with van der Waals surface area (Å²) >= 11 is 3.65. The fourth-order valence-corrected chi connectivity index (χ4v) is 3.74. The van der Waals surface area contributed by atoms with Crippen LogP contribution in [0, 0.1) is 0 Å². The highest BCUT2D eigenvalue weighted by atomic mass is 79.9. The molecule has 1 aromatic carbocycles. The first-order valence-electron chi connectivity index (χ1n) is 9.37. The summed E-state index contributed by atoms with van der Waals surface area (Å²) < 4.78 is 6.66. The van der Waals surface area contributed by atoms with Crippen molar-refractivity contribution in [1.82, 2.24) is 9.80 Å². The zero-order valence-electron chi connectivity index (χ0n) is 17.2. The normalized spacial score (nSPS) is 19.5. The van der Waals surface area contributed by atoms with Crippen molar-refractivity contribution >= 4 is 22.0 Å². The second-order valence-electron chi connectivity index (χ2n) is 9.36. The fraction of sp³-hybridized carbons (Fsp3) is 0.667. The van der Waals surface area contributed by atoms with Gasteiger partial charge in [0.05, 0.1) is 0 Å². The number of amides is 1. The average Bonchev–Trinajstić information content (AvgIpc) is 2.43. The first-order valence-corrected chi connectivity index (χ1v) is 10.2. The fourth-order valence-electron chi connectivity index (χ4n) is 3.20. The van der Waals surface area contributed by atoms with Crippen molar-refractivity contribution in [3.05, 3.63) is 33.8 Å². The minimum Gasteiger partial charge on any atom is -0.444 e. The lowest BCUT2D eigenvalue weighted by molar-refractivity contribution is 0.000556. The molecule has 1 saturated heterocycles. The van der Waals surface area contributed by atoms with E-state index < -0.39 is 5.60 Å². The number of halogens is 1. The van der Waals surface area contributed by atoms with Gasteiger partial charge in [0.15, 0.2) is 0 Å². The van der Waals surface area contributed by atoms with Crippen molar-refractivity contribution in [2.45, 2.75) is 72.1 Å². The predicted octanol–water partition coefficient (Wildman–Crippen LogP) is 5.19. The number of rotatable bonds is 2. The maximum absolute atomic E-state index is 12.4. The van der Waals surface area contributed by atoms with Crippen molar-refractivity contribution in [2.75, 3.05) is 19.6 Å². The van der Waals surface area contributed by atoms with Crippen molar-refractivity contribution in [3.63, 3.8) is 0 Å². The van der Waals surface area contributed by atoms with E-state index >= 15 is 0 Å². The van der Waals surface area contributed by atoms with Crippen LogP contribution in [0.5, 0.6) is 0 Å². The quantitative estimate of drug-likeness (QED) is 0.654. The van der Waals surface area contributed by atoms with Crippen LogP contribution in [0.2, 0.25) is 0 Å². The summed E-state index contributed by atoms with van der Waals surface area (Å²) in [5.41, 5.74) is 2.32. The van der Waals surface area contributed by atoms with Crippen LogP contribution in [-0.4, -0.2) is 47.2 Å². The smallest absolute Gasteiger partial charge is 0.410 e. The first-order chi connectivity index (χ1) is 11.8. The largest absolute Gasteiger partial charge is 0.444 e. The molecule has 146 valence electrons. The number of piperazine rings is 1. The number of hydrogen-bond acceptors (Lipinski definition) is 3. The number of nitrogens with zero attached hydrogens (tertiary/aromatic N) is 2. The molecule has 0 saturated carbocycles. The molecule has 1 aliphatic heterocycles. The van der Waals surface area contributed by atoms with E-state index in [9.17, 15) is 4.79 Å². The van der Waals surface area contributed by atoms with Crippen molar-refractivity contribution in [3.8, 4) is 0 Å². The molecule has 1 fully saturated rings. The Hall–Kier alpha value is -1.07. The van der Waals surface area contributed by atoms with Crippen molar-refractivity contribution < 1.29 is 9.53 Å². The van der Waals surface area contributed by atoms with Crippen LogP contribution in [0.1, 0.15) is 59.6 Å². The van der Waals surface area contributed by atoms with Crippen LogP contribution >= 0.6 is 15.9 Å². The molecule has 1 heterocycles. The highest BCUT2D eigenvalue weighted by molar-refractivity contribution is 9.10. The Balaban J connectivity index is 2.02. The summed E-state index contributed by atoms with van der Waals surface area (Å²) in [6.45, 7) is 17.9. The SMILES string of the molecule is CC1CN(Cc2cc(Br)cc(C(C)(C)C)c2)CCN1C(=O)OC(C)(C)C. The number of carbonyl (C=O) groups is 1. The minimum atomic E-state index is -0.451. The first kappa shape index (κ1) is 21.2. The minimum absolute atomic E-state index is 0.126. The third-order valence-corrected chi connectivity index (χ3v) is 5.03. The number of hydrogen-bond donors (Lipinski definition) is 0. The molecule has 4 nitrogen and oxygen atoms in total. The van der Waals surface area contributed by atoms with Gasteiger partial charge in [0.1, 0.15) is 5.60 Å². The molecular weight excluding hydrogens is 392 g/mol. The average molecular weight is 425 g/mol. The van der Waals surface area contributed by atoms with E-state index in [1.165, 1.54) is 11.1 Å². The van der Waals surface area contributed by atoms with Gasteiger partial charge in [-0.2, -0.15) is 0 Å². The van der Waals surface area contributed by atoms with Gasteiger partial charge in [-0.05, 0) is 56.4 Å². The molecule has 0 radical (unpaired) electrons. The van der Waals surface area contributed by atoms with Gasteiger partial charge in [0.2, 0.25) is 0 Å². The molecule has 5 heteroatoms. The highest BCUT2D eigenvalue weighted by Crippen LogP contribution is 2.27. The lowest BCUT2D eigenvalue weighted by Crippen LogP contribution is -2.54. The molecular formula is C21H33BrN2O2. The van der Waals surface area contributed by atoms with E-state index in [0.29, 0.717) is 6.54 Å². The Morgan fingerprint density at radius 1 is 1.15 bits per heavy atom. The Kier molecular flexibility index (Phi) is 6.44. The number of ether oxygens (including phenoxy) is 1. The summed E-state index contributed by atoms with van der Waals surface area (Å²) in [6, 6.07) is 6.84. The highest BCUT2D eigenvalue weighted by Gasteiger charge is 2.30. The van der Waals surface area contributed by atoms with E-state index in [-0.39, 0.29) is 17.6 Å². The van der Waals surface area contributed by atoms with Gasteiger partial charge < -0.3 is 9.64 Å². The zero-order valence-corrected chi connectivity index (χ0v) is 18.8. The second-order valence-corrected chi connectivity index (χ2v) is 10.3. The van der Waals surface area contributed by atoms with Gasteiger partial charge in [-0.25, -0.2) is 4.79 Å². The van der Waals surface area contributed by atoms with Crippen LogP contribution in [0.4, 0.5) is 4.79 Å². The van der Waals surface area contributed by atoms with Gasteiger partial charge >= 0.3 is 6.09 Å². The Morgan fingerprint density at radius 3 is 2.35 bits per heavy atom. The lowest BCUT2D eigenvalue weighted by Gasteiger charge is -2.40. The van der Waals surface area contributed by atoms with E-state index in [2.05, 4.69) is 66.7 Å². The molecule has 0 bridgehead atoms. The third kappa shape index (κ3) is 5.98. The summed E-state index contributed by atoms with van der Waals surface area (Å²) in [4.78, 5) is 16.6. The van der Waals surface area contributed by atoms with E-state index in [4.69, 9.17) is 4.74 Å². The standard InChI is InChI=1S/C21H33BrN2O2/c1-15-13-23(8-9-24(15)19(25)26-21(5,6)7)14-16-10-17(20(2,3)4)12-18(22)11-16/h10-12,15H,8-9,13-14H2,1-7H3. The van der Waals surface area contributed by atoms with E-state index in [0.717, 1.165) is 24.1 Å². The van der Waals surface area contributed by atoms with Crippen molar-refractivity contribution in [2.24, 2.45) is 0 Å². The molecule has 26 heavy (non-hydrogen) atoms. The maximum atomic E-state index is 12.4. The predicted molar refractivity (Wildman–Crippen MR) is 111 cm³/mol. The number of carbonyl (C=O) groups excluding carboxylic acids is 1. The Morgan fingerprint density at radius 2 is 1.81 bits per heavy atom. The molecule has 2 rings (SSSR count). The van der Waals surface area contributed by atoms with Crippen molar-refractivity contribution in [1.29, 1.82) is 0 Å². The maximum Gasteiger partial charge on any atom is 0.410 e. The van der Waals surface area contributed by atoms with Gasteiger partial charge in [0, 0.05) is 36.7 Å². The topological polar surface area (TPSA) is 32.8 Å². The second kappa shape index (κ2) is 7.89. The van der Waals surface area contributed by atoms with Gasteiger partial charge in [-0.15, -0.1) is 0 Å². The molecule has 1 unspecified atom stereocenters. The van der Waals surface area contributed by atoms with E-state index in [1.807, 2.05) is 25.7 Å². The Labute approximate surface area is 167 Å². The Bertz CT molecular complexity index is 646. The van der Waals surface area contributed by atoms with Crippen LogP contribution in [0.15, 0.2) is 22.7 Å². The zero-order chi connectivity index (χ0) is 19.7. The summed E-state index contributed by atoms with van der Waals surface area (Å²) in [5.74, 6) is 0. The number of benzene rings is 1. The monoisotopic (exact) mass is 424 g/mol. The third-order valence-electron chi connectivity index (χ3n) is 4.57. The molecule has 1 atom stereocenters. The molecule has 0 N–H and O–H groups in total. The van der Waals surface area contributed by atoms with Gasteiger partial charge in [-0.1, -0.05) is 42.8 Å². The molecule has 0 aliphatic carbocycles. The summed E-state index contributed by atoms with van der Waals surface area (Å²) in [7, 11) is 0. The molecule has 0 spiro atoms. The van der Waals surface area contributed by atoms with Crippen LogP contribution < -0.4 is 0 Å². The summed E-state index contributed by atoms with van der Waals surface area (Å²) in [5, 5.41) is 0. The lowest BCUT2D eigenvalue weighted by atomic mass is 9.86. The van der Waals surface area contributed by atoms with Gasteiger partial charge in [0.25, 0.3) is 0 Å². The van der Waals surface area contributed by atoms with Crippen LogP contribution in [-0.2, 0) is 16.7 Å². The molecule has 1 aromatic rings. The van der Waals surface area contributed by atoms with Crippen LogP contribution in [0.25, 0.3) is 0 Å². The van der Waals surface area contributed by atoms with E-state index in [1.54, 1.807) is 0 Å². The van der Waals surface area contributed by atoms with Gasteiger partial charge in [-0.3, -0.25) is 4.90 Å². The molecule has 1 aliphatic rings. The van der Waals surface area contributed by atoms with Crippen LogP contribution in [0.3, 0.4) is 0 Å². The summed E-state index contributed by atoms with van der Waals surface area (Å²) in [6.07, 6.45) is -0.206. The molecule has 1 amide bonds.